The summed E-state index contributed by atoms with van der Waals surface area (Å²) >= 11 is 0. The van der Waals surface area contributed by atoms with E-state index in [0.717, 1.165) is 0 Å². The number of benzene rings is 1. The summed E-state index contributed by atoms with van der Waals surface area (Å²) in [5.41, 5.74) is 0.595. The molecule has 0 spiro atoms. The Morgan fingerprint density at radius 1 is 1.08 bits per heavy atom. The van der Waals surface area contributed by atoms with E-state index < -0.39 is 12.1 Å². The minimum absolute atomic E-state index is 0.0840. The van der Waals surface area contributed by atoms with Gasteiger partial charge < -0.3 is 18.9 Å². The maximum absolute atomic E-state index is 12.9. The van der Waals surface area contributed by atoms with E-state index in [2.05, 4.69) is 0 Å². The van der Waals surface area contributed by atoms with Crippen LogP contribution in [0.2, 0.25) is 0 Å². The topological polar surface area (TPSA) is 66.5 Å². The smallest absolute Gasteiger partial charge is 0.277 e. The van der Waals surface area contributed by atoms with Gasteiger partial charge in [-0.3, -0.25) is 9.63 Å². The summed E-state index contributed by atoms with van der Waals surface area (Å²) in [4.78, 5) is 18.6. The summed E-state index contributed by atoms with van der Waals surface area (Å²) < 4.78 is 23.9. The highest BCUT2D eigenvalue weighted by Gasteiger charge is 2.62. The Labute approximate surface area is 145 Å². The van der Waals surface area contributed by atoms with Crippen LogP contribution in [-0.2, 0) is 23.8 Å². The molecular formula is C18H21NO6. The fourth-order valence-electron chi connectivity index (χ4n) is 4.21. The highest BCUT2D eigenvalue weighted by Crippen LogP contribution is 2.45. The largest absolute Gasteiger partial charge is 0.372 e. The molecule has 0 aromatic heterocycles. The molecule has 1 aromatic carbocycles. The van der Waals surface area contributed by atoms with Crippen molar-refractivity contribution in [2.75, 3.05) is 13.2 Å². The molecule has 0 saturated carbocycles. The molecule has 0 N–H and O–H groups in total. The average molecular weight is 347 g/mol. The first-order chi connectivity index (χ1) is 12.0. The van der Waals surface area contributed by atoms with E-state index in [1.54, 1.807) is 12.1 Å². The highest BCUT2D eigenvalue weighted by atomic mass is 16.8. The van der Waals surface area contributed by atoms with E-state index >= 15 is 0 Å². The molecule has 4 saturated heterocycles. The average Bonchev–Trinajstić information content (AvgIpc) is 3.24. The molecule has 7 heteroatoms. The van der Waals surface area contributed by atoms with Gasteiger partial charge in [-0.2, -0.15) is 0 Å². The van der Waals surface area contributed by atoms with Crippen molar-refractivity contribution in [3.8, 4) is 0 Å². The summed E-state index contributed by atoms with van der Waals surface area (Å²) in [5, 5.41) is 1.46. The second-order valence-electron chi connectivity index (χ2n) is 7.41. The number of amides is 1. The second-order valence-corrected chi connectivity index (χ2v) is 7.41. The van der Waals surface area contributed by atoms with Crippen LogP contribution >= 0.6 is 0 Å². The number of hydrogen-bond acceptors (Lipinski definition) is 6. The number of hydroxylamine groups is 2. The summed E-state index contributed by atoms with van der Waals surface area (Å²) in [7, 11) is 0. The molecule has 1 aromatic rings. The third kappa shape index (κ3) is 2.42. The van der Waals surface area contributed by atoms with Crippen LogP contribution in [0, 0.1) is 5.92 Å². The zero-order valence-corrected chi connectivity index (χ0v) is 14.2. The summed E-state index contributed by atoms with van der Waals surface area (Å²) in [6.45, 7) is 4.68. The maximum atomic E-state index is 12.9. The van der Waals surface area contributed by atoms with E-state index in [1.807, 2.05) is 32.0 Å². The van der Waals surface area contributed by atoms with Crippen molar-refractivity contribution in [3.63, 3.8) is 0 Å². The van der Waals surface area contributed by atoms with Crippen molar-refractivity contribution in [3.05, 3.63) is 35.9 Å². The fourth-order valence-corrected chi connectivity index (χ4v) is 4.21. The number of nitrogens with zero attached hydrogens (tertiary/aromatic N) is 1. The minimum atomic E-state index is -0.688. The molecule has 6 atom stereocenters. The van der Waals surface area contributed by atoms with Gasteiger partial charge in [0.05, 0.1) is 19.3 Å². The predicted molar refractivity (Wildman–Crippen MR) is 84.3 cm³/mol. The quantitative estimate of drug-likeness (QED) is 0.764. The lowest BCUT2D eigenvalue weighted by molar-refractivity contribution is -0.240. The molecule has 25 heavy (non-hydrogen) atoms. The van der Waals surface area contributed by atoms with E-state index in [-0.39, 0.29) is 36.2 Å². The molecule has 0 bridgehead atoms. The molecule has 4 heterocycles. The lowest BCUT2D eigenvalue weighted by atomic mass is 9.90. The van der Waals surface area contributed by atoms with Crippen LogP contribution in [0.4, 0.5) is 0 Å². The third-order valence-corrected chi connectivity index (χ3v) is 5.27. The third-order valence-electron chi connectivity index (χ3n) is 5.27. The zero-order valence-electron chi connectivity index (χ0n) is 14.2. The molecule has 4 aliphatic rings. The lowest BCUT2D eigenvalue weighted by Gasteiger charge is -2.38. The molecule has 4 aliphatic heterocycles. The molecular weight excluding hydrogens is 326 g/mol. The Morgan fingerprint density at radius 3 is 2.68 bits per heavy atom. The first-order valence-electron chi connectivity index (χ1n) is 8.68. The normalized spacial score (nSPS) is 41.3. The van der Waals surface area contributed by atoms with Gasteiger partial charge in [0, 0.05) is 11.5 Å². The van der Waals surface area contributed by atoms with Crippen LogP contribution in [0.25, 0.3) is 0 Å². The van der Waals surface area contributed by atoms with Gasteiger partial charge in [-0.05, 0) is 26.0 Å². The van der Waals surface area contributed by atoms with Gasteiger partial charge in [0.1, 0.15) is 18.3 Å². The number of rotatable bonds is 1. The summed E-state index contributed by atoms with van der Waals surface area (Å²) in [6.07, 6.45) is -1.34. The van der Waals surface area contributed by atoms with E-state index in [0.29, 0.717) is 18.8 Å². The Kier molecular flexibility index (Phi) is 3.45. The summed E-state index contributed by atoms with van der Waals surface area (Å²) in [6, 6.07) is 8.94. The number of fused-ring (bicyclic) bond motifs is 5. The van der Waals surface area contributed by atoms with E-state index in [9.17, 15) is 4.79 Å². The number of carbonyl (C=O) groups is 1. The van der Waals surface area contributed by atoms with Gasteiger partial charge in [-0.15, -0.1) is 0 Å². The maximum Gasteiger partial charge on any atom is 0.277 e. The van der Waals surface area contributed by atoms with Crippen molar-refractivity contribution in [2.24, 2.45) is 5.92 Å². The van der Waals surface area contributed by atoms with E-state index in [1.165, 1.54) is 5.06 Å². The van der Waals surface area contributed by atoms with Gasteiger partial charge in [-0.1, -0.05) is 18.2 Å². The molecule has 7 nitrogen and oxygen atoms in total. The van der Waals surface area contributed by atoms with Gasteiger partial charge in [0.25, 0.3) is 5.91 Å². The van der Waals surface area contributed by atoms with Gasteiger partial charge in [-0.25, -0.2) is 5.06 Å². The van der Waals surface area contributed by atoms with Crippen LogP contribution in [0.15, 0.2) is 30.3 Å². The molecule has 4 fully saturated rings. The fraction of sp³-hybridized carbons (Fsp3) is 0.611. The van der Waals surface area contributed by atoms with Crippen molar-refractivity contribution in [1.82, 2.24) is 5.06 Å². The minimum Gasteiger partial charge on any atom is -0.372 e. The van der Waals surface area contributed by atoms with Crippen LogP contribution in [0.3, 0.4) is 0 Å². The highest BCUT2D eigenvalue weighted by molar-refractivity contribution is 5.93. The van der Waals surface area contributed by atoms with Crippen LogP contribution in [0.5, 0.6) is 0 Å². The molecule has 1 amide bonds. The first-order valence-corrected chi connectivity index (χ1v) is 8.68. The monoisotopic (exact) mass is 347 g/mol. The Hall–Kier alpha value is -1.51. The van der Waals surface area contributed by atoms with Crippen LogP contribution in [0.1, 0.15) is 24.2 Å². The van der Waals surface area contributed by atoms with Crippen molar-refractivity contribution in [1.29, 1.82) is 0 Å². The van der Waals surface area contributed by atoms with E-state index in [4.69, 9.17) is 23.8 Å². The van der Waals surface area contributed by atoms with Gasteiger partial charge >= 0.3 is 0 Å². The van der Waals surface area contributed by atoms with Crippen molar-refractivity contribution < 1.29 is 28.6 Å². The standard InChI is InChI=1S/C18H21NO6/c1-18(2)24-15-14-13(23-17(15)25-18)12-11(8-21-14)9-22-19(12)16(20)10-6-4-3-5-7-10/h3-7,11-15,17H,8-9H2,1-2H3/t11-,12+,13-,14+,15-,17-/m1/s1. The Morgan fingerprint density at radius 2 is 1.88 bits per heavy atom. The lowest BCUT2D eigenvalue weighted by Crippen LogP contribution is -2.56. The van der Waals surface area contributed by atoms with Crippen molar-refractivity contribution >= 4 is 5.91 Å². The van der Waals surface area contributed by atoms with Gasteiger partial charge in [0.15, 0.2) is 12.1 Å². The Balaban J connectivity index is 1.41. The molecule has 0 radical (unpaired) electrons. The number of hydrogen-bond donors (Lipinski definition) is 0. The van der Waals surface area contributed by atoms with Crippen LogP contribution in [-0.4, -0.2) is 60.6 Å². The zero-order chi connectivity index (χ0) is 17.2. The molecule has 0 aliphatic carbocycles. The molecule has 5 rings (SSSR count). The predicted octanol–water partition coefficient (Wildman–Crippen LogP) is 1.33. The van der Waals surface area contributed by atoms with Gasteiger partial charge in [0.2, 0.25) is 0 Å². The number of carbonyl (C=O) groups excluding carboxylic acids is 1. The van der Waals surface area contributed by atoms with Crippen molar-refractivity contribution in [2.45, 2.75) is 50.3 Å². The SMILES string of the molecule is CC1(C)O[C@H]2O[C@H]3[C@H](OC[C@@H]4CON(C(=O)c5ccccc5)[C@@H]43)[C@H]2O1. The first kappa shape index (κ1) is 15.7. The molecule has 134 valence electrons. The van der Waals surface area contributed by atoms with Crippen LogP contribution < -0.4 is 0 Å². The summed E-state index contributed by atoms with van der Waals surface area (Å²) in [5.74, 6) is -0.760. The molecule has 0 unspecified atom stereocenters. The number of ether oxygens (including phenoxy) is 4. The second kappa shape index (κ2) is 5.49. The Bertz CT molecular complexity index is 679.